The fourth-order valence-corrected chi connectivity index (χ4v) is 0.137. The summed E-state index contributed by atoms with van der Waals surface area (Å²) >= 11 is 0. The molecule has 0 amide bonds. The topological polar surface area (TPSA) is 27.7 Å². The molecule has 0 aliphatic rings. The van der Waals surface area contributed by atoms with Crippen LogP contribution in [0.5, 0.6) is 0 Å². The minimum Gasteiger partial charge on any atom is -0.318 e. The normalized spacial score (nSPS) is 10.0. The molecule has 0 fully saturated rings. The van der Waals surface area contributed by atoms with Crippen LogP contribution in [0.25, 0.3) is 0 Å². The first-order valence-corrected chi connectivity index (χ1v) is 2.09. The minimum absolute atomic E-state index is 1.33. The van der Waals surface area contributed by atoms with E-state index in [1.54, 1.807) is 13.0 Å². The molecule has 0 aliphatic heterocycles. The van der Waals surface area contributed by atoms with Crippen molar-refractivity contribution in [2.75, 3.05) is 0 Å². The third kappa shape index (κ3) is 5.68. The SMILES string of the molecule is CC=COOO[Si]. The van der Waals surface area contributed by atoms with E-state index < -0.39 is 0 Å². The van der Waals surface area contributed by atoms with E-state index in [0.29, 0.717) is 0 Å². The molecule has 0 saturated heterocycles. The average molecular weight is 117 g/mol. The van der Waals surface area contributed by atoms with Crippen molar-refractivity contribution in [3.8, 4) is 0 Å². The van der Waals surface area contributed by atoms with E-state index in [4.69, 9.17) is 0 Å². The fraction of sp³-hybridized carbons (Fsp3) is 0.333. The number of hydrogen-bond donors (Lipinski definition) is 0. The molecule has 0 spiro atoms. The molecule has 0 aliphatic carbocycles. The number of rotatable bonds is 3. The zero-order valence-electron chi connectivity index (χ0n) is 3.88. The molecule has 3 radical (unpaired) electrons. The van der Waals surface area contributed by atoms with E-state index in [1.807, 2.05) is 0 Å². The van der Waals surface area contributed by atoms with Crippen LogP contribution in [0, 0.1) is 0 Å². The summed E-state index contributed by atoms with van der Waals surface area (Å²) in [6, 6.07) is 0. The Bertz CT molecular complexity index is 54.1. The lowest BCUT2D eigenvalue weighted by atomic mass is 10.7. The molecule has 4 heteroatoms. The van der Waals surface area contributed by atoms with Crippen molar-refractivity contribution in [2.45, 2.75) is 6.92 Å². The lowest BCUT2D eigenvalue weighted by molar-refractivity contribution is -0.439. The number of hydrogen-bond acceptors (Lipinski definition) is 3. The largest absolute Gasteiger partial charge is 0.318 e. The lowest BCUT2D eigenvalue weighted by Gasteiger charge is -1.90. The molecule has 7 heavy (non-hydrogen) atoms. The third-order valence-corrected chi connectivity index (χ3v) is 0.333. The predicted molar refractivity (Wildman–Crippen MR) is 23.8 cm³/mol. The summed E-state index contributed by atoms with van der Waals surface area (Å²) in [5.74, 6) is 0. The van der Waals surface area contributed by atoms with E-state index >= 15 is 0 Å². The zero-order chi connectivity index (χ0) is 5.54. The van der Waals surface area contributed by atoms with Crippen LogP contribution < -0.4 is 0 Å². The summed E-state index contributed by atoms with van der Waals surface area (Å²) < 4.78 is 3.88. The molecule has 0 aromatic heterocycles. The summed E-state index contributed by atoms with van der Waals surface area (Å²) in [6.07, 6.45) is 2.99. The molecule has 0 atom stereocenters. The first kappa shape index (κ1) is 6.68. The molecule has 0 heterocycles. The molecular weight excluding hydrogens is 112 g/mol. The van der Waals surface area contributed by atoms with Gasteiger partial charge >= 0.3 is 10.5 Å². The van der Waals surface area contributed by atoms with Crippen LogP contribution in [-0.4, -0.2) is 10.5 Å². The minimum atomic E-state index is 1.33. The van der Waals surface area contributed by atoms with Crippen LogP contribution in [0.1, 0.15) is 6.92 Å². The molecular formula is C3H5O3Si. The highest BCUT2D eigenvalue weighted by atomic mass is 28.2. The second kappa shape index (κ2) is 5.68. The molecule has 39 valence electrons. The third-order valence-electron chi connectivity index (χ3n) is 0.265. The van der Waals surface area contributed by atoms with E-state index in [2.05, 4.69) is 25.0 Å². The van der Waals surface area contributed by atoms with Gasteiger partial charge in [-0.15, -0.1) is 0 Å². The van der Waals surface area contributed by atoms with Gasteiger partial charge in [-0.2, -0.15) is 0 Å². The predicted octanol–water partition coefficient (Wildman–Crippen LogP) is 0.483. The van der Waals surface area contributed by atoms with Gasteiger partial charge in [0.25, 0.3) is 0 Å². The van der Waals surface area contributed by atoms with Crippen LogP contribution in [0.3, 0.4) is 0 Å². The van der Waals surface area contributed by atoms with Gasteiger partial charge < -0.3 is 4.89 Å². The molecule has 0 aromatic carbocycles. The van der Waals surface area contributed by atoms with E-state index in [9.17, 15) is 0 Å². The quantitative estimate of drug-likeness (QED) is 0.177. The molecule has 0 unspecified atom stereocenters. The van der Waals surface area contributed by atoms with Crippen LogP contribution in [-0.2, 0) is 14.5 Å². The van der Waals surface area contributed by atoms with Gasteiger partial charge in [0, 0.05) is 0 Å². The van der Waals surface area contributed by atoms with Gasteiger partial charge in [-0.1, -0.05) is 0 Å². The summed E-state index contributed by atoms with van der Waals surface area (Å²) in [4.78, 5) is 4.18. The van der Waals surface area contributed by atoms with E-state index in [0.717, 1.165) is 0 Å². The van der Waals surface area contributed by atoms with Gasteiger partial charge in [-0.3, -0.25) is 0 Å². The second-order valence-corrected chi connectivity index (χ2v) is 0.884. The Morgan fingerprint density at radius 3 is 2.71 bits per heavy atom. The Balaban J connectivity index is 2.69. The van der Waals surface area contributed by atoms with Crippen molar-refractivity contribution in [3.05, 3.63) is 12.3 Å². The van der Waals surface area contributed by atoms with E-state index in [1.165, 1.54) is 6.26 Å². The van der Waals surface area contributed by atoms with Crippen LogP contribution in [0.15, 0.2) is 12.3 Å². The summed E-state index contributed by atoms with van der Waals surface area (Å²) in [7, 11) is 2.54. The fourth-order valence-electron chi connectivity index (χ4n) is 0.0979. The first-order chi connectivity index (χ1) is 3.41. The first-order valence-electron chi connectivity index (χ1n) is 1.68. The Morgan fingerprint density at radius 1 is 1.57 bits per heavy atom. The van der Waals surface area contributed by atoms with Gasteiger partial charge in [0.05, 0.1) is 0 Å². The molecule has 0 N–H and O–H groups in total. The van der Waals surface area contributed by atoms with Crippen molar-refractivity contribution < 1.29 is 14.5 Å². The van der Waals surface area contributed by atoms with Gasteiger partial charge in [0.1, 0.15) is 6.26 Å². The van der Waals surface area contributed by atoms with Crippen LogP contribution >= 0.6 is 0 Å². The lowest BCUT2D eigenvalue weighted by Crippen LogP contribution is -1.84. The molecule has 0 aromatic rings. The maximum atomic E-state index is 4.18. The second-order valence-electron chi connectivity index (χ2n) is 0.717. The molecule has 0 bridgehead atoms. The Morgan fingerprint density at radius 2 is 2.29 bits per heavy atom. The van der Waals surface area contributed by atoms with Gasteiger partial charge in [-0.05, 0) is 18.0 Å². The average Bonchev–Trinajstić information content (AvgIpc) is 1.69. The molecule has 3 nitrogen and oxygen atoms in total. The maximum Gasteiger partial charge on any atom is 0.308 e. The smallest absolute Gasteiger partial charge is 0.308 e. The standard InChI is InChI=1S/C3H5O3Si/c1-2-3-4-5-6-7/h2-3H,1H3. The van der Waals surface area contributed by atoms with Gasteiger partial charge in [0.2, 0.25) is 0 Å². The summed E-state index contributed by atoms with van der Waals surface area (Å²) in [5, 5.41) is 3.90. The van der Waals surface area contributed by atoms with Crippen molar-refractivity contribution in [3.63, 3.8) is 0 Å². The van der Waals surface area contributed by atoms with Gasteiger partial charge in [0.15, 0.2) is 0 Å². The van der Waals surface area contributed by atoms with Gasteiger partial charge in [-0.25, -0.2) is 4.58 Å². The maximum absolute atomic E-state index is 4.18. The monoisotopic (exact) mass is 117 g/mol. The summed E-state index contributed by atoms with van der Waals surface area (Å²) in [5.41, 5.74) is 0. The molecule has 0 saturated carbocycles. The Hall–Kier alpha value is -0.323. The highest BCUT2D eigenvalue weighted by Gasteiger charge is 1.69. The highest BCUT2D eigenvalue weighted by Crippen LogP contribution is 1.76. The number of allylic oxidation sites excluding steroid dienone is 1. The van der Waals surface area contributed by atoms with Crippen LogP contribution in [0.2, 0.25) is 0 Å². The van der Waals surface area contributed by atoms with E-state index in [-0.39, 0.29) is 0 Å². The Labute approximate surface area is 45.3 Å². The Kier molecular flexibility index (Phi) is 5.41. The zero-order valence-corrected chi connectivity index (χ0v) is 4.88. The summed E-state index contributed by atoms with van der Waals surface area (Å²) in [6.45, 7) is 1.79. The van der Waals surface area contributed by atoms with Crippen molar-refractivity contribution in [1.82, 2.24) is 0 Å². The highest BCUT2D eigenvalue weighted by molar-refractivity contribution is 5.97. The van der Waals surface area contributed by atoms with Crippen molar-refractivity contribution in [1.29, 1.82) is 0 Å². The van der Waals surface area contributed by atoms with Crippen molar-refractivity contribution >= 4 is 10.5 Å². The van der Waals surface area contributed by atoms with Crippen molar-refractivity contribution in [2.24, 2.45) is 0 Å². The van der Waals surface area contributed by atoms with Crippen LogP contribution in [0.4, 0.5) is 0 Å². The molecule has 0 rings (SSSR count).